The van der Waals surface area contributed by atoms with Crippen LogP contribution < -0.4 is 0 Å². The molecule has 40 heavy (non-hydrogen) atoms. The molecule has 0 atom stereocenters. The van der Waals surface area contributed by atoms with Gasteiger partial charge in [-0.05, 0) is 104 Å². The van der Waals surface area contributed by atoms with Crippen LogP contribution in [0.15, 0.2) is 121 Å². The minimum absolute atomic E-state index is 1.23. The predicted octanol–water partition coefficient (Wildman–Crippen LogP) is 10.6. The fourth-order valence-corrected chi connectivity index (χ4v) is 6.56. The second-order valence-electron chi connectivity index (χ2n) is 11.1. The fraction of sp³-hybridized carbons (Fsp3) is 0.0500. The summed E-state index contributed by atoms with van der Waals surface area (Å²) in [6.45, 7) is 4.28. The highest BCUT2D eigenvalue weighted by Gasteiger charge is 2.31. The molecule has 0 N–H and O–H groups in total. The summed E-state index contributed by atoms with van der Waals surface area (Å²) in [6, 6.07) is 44.8. The minimum Gasteiger partial charge on any atom is -0.0616 e. The summed E-state index contributed by atoms with van der Waals surface area (Å²) in [6.07, 6.45) is 4.71. The van der Waals surface area contributed by atoms with Gasteiger partial charge in [0.05, 0.1) is 0 Å². The summed E-state index contributed by atoms with van der Waals surface area (Å²) in [5.41, 5.74) is 18.2. The number of hydrogen-bond donors (Lipinski definition) is 0. The Morgan fingerprint density at radius 1 is 0.375 bits per heavy atom. The third-order valence-corrected chi connectivity index (χ3v) is 8.52. The lowest BCUT2D eigenvalue weighted by atomic mass is 9.90. The maximum Gasteiger partial charge on any atom is -0.00139 e. The summed E-state index contributed by atoms with van der Waals surface area (Å²) >= 11 is 0. The van der Waals surface area contributed by atoms with Gasteiger partial charge in [0, 0.05) is 0 Å². The molecule has 8 rings (SSSR count). The van der Waals surface area contributed by atoms with Crippen LogP contribution in [-0.4, -0.2) is 0 Å². The van der Waals surface area contributed by atoms with E-state index in [1.165, 1.54) is 88.7 Å². The summed E-state index contributed by atoms with van der Waals surface area (Å²) in [4.78, 5) is 0. The lowest BCUT2D eigenvalue weighted by Crippen LogP contribution is -1.88. The molecule has 0 fully saturated rings. The van der Waals surface area contributed by atoms with E-state index >= 15 is 0 Å². The number of benzene rings is 6. The normalized spacial score (nSPS) is 14.8. The molecule has 188 valence electrons. The van der Waals surface area contributed by atoms with Gasteiger partial charge in [0.15, 0.2) is 0 Å². The van der Waals surface area contributed by atoms with Crippen LogP contribution in [0.5, 0.6) is 0 Å². The zero-order valence-electron chi connectivity index (χ0n) is 22.7. The third-order valence-electron chi connectivity index (χ3n) is 8.52. The van der Waals surface area contributed by atoms with E-state index in [4.69, 9.17) is 0 Å². The highest BCUT2D eigenvalue weighted by molar-refractivity contribution is 6.22. The molecule has 0 amide bonds. The molecule has 0 radical (unpaired) electrons. The van der Waals surface area contributed by atoms with Crippen LogP contribution in [0.1, 0.15) is 44.5 Å². The molecule has 0 saturated carbocycles. The van der Waals surface area contributed by atoms with Gasteiger partial charge in [-0.15, -0.1) is 0 Å². The Morgan fingerprint density at radius 3 is 1.20 bits per heavy atom. The highest BCUT2D eigenvalue weighted by atomic mass is 14.3. The molecule has 6 aromatic rings. The monoisotopic (exact) mass is 508 g/mol. The number of aryl methyl sites for hydroxylation is 2. The molecule has 0 heterocycles. The molecule has 0 saturated heterocycles. The lowest BCUT2D eigenvalue weighted by molar-refractivity contribution is 1.46. The summed E-state index contributed by atoms with van der Waals surface area (Å²) in [5, 5.41) is 2.64. The van der Waals surface area contributed by atoms with Gasteiger partial charge in [-0.3, -0.25) is 0 Å². The van der Waals surface area contributed by atoms with Crippen LogP contribution in [-0.2, 0) is 0 Å². The smallest absolute Gasteiger partial charge is 0.00139 e. The molecule has 2 aliphatic rings. The van der Waals surface area contributed by atoms with Crippen molar-refractivity contribution in [3.63, 3.8) is 0 Å². The molecule has 0 bridgehead atoms. The predicted molar refractivity (Wildman–Crippen MR) is 171 cm³/mol. The zero-order valence-corrected chi connectivity index (χ0v) is 22.7. The first-order chi connectivity index (χ1) is 19.7. The topological polar surface area (TPSA) is 0 Å². The van der Waals surface area contributed by atoms with Crippen molar-refractivity contribution in [3.8, 4) is 22.3 Å². The van der Waals surface area contributed by atoms with Crippen molar-refractivity contribution in [2.45, 2.75) is 13.8 Å². The van der Waals surface area contributed by atoms with Crippen molar-refractivity contribution >= 4 is 34.1 Å². The quantitative estimate of drug-likeness (QED) is 0.218. The number of fused-ring (bicyclic) bond motifs is 9. The van der Waals surface area contributed by atoms with E-state index in [0.29, 0.717) is 0 Å². The van der Waals surface area contributed by atoms with Crippen molar-refractivity contribution in [1.29, 1.82) is 0 Å². The largest absolute Gasteiger partial charge is 0.0616 e. The summed E-state index contributed by atoms with van der Waals surface area (Å²) in [7, 11) is 0. The van der Waals surface area contributed by atoms with Crippen LogP contribution in [0.25, 0.3) is 56.3 Å². The van der Waals surface area contributed by atoms with Gasteiger partial charge in [0.25, 0.3) is 0 Å². The van der Waals surface area contributed by atoms with E-state index in [0.717, 1.165) is 0 Å². The second kappa shape index (κ2) is 8.79. The molecule has 0 aliphatic heterocycles. The van der Waals surface area contributed by atoms with E-state index in [-0.39, 0.29) is 0 Å². The van der Waals surface area contributed by atoms with Crippen molar-refractivity contribution in [1.82, 2.24) is 0 Å². The second-order valence-corrected chi connectivity index (χ2v) is 11.1. The highest BCUT2D eigenvalue weighted by Crippen LogP contribution is 2.54. The minimum atomic E-state index is 1.23. The van der Waals surface area contributed by atoms with Crippen molar-refractivity contribution < 1.29 is 0 Å². The zero-order chi connectivity index (χ0) is 26.8. The molecule has 0 aromatic heterocycles. The first kappa shape index (κ1) is 23.0. The Kier molecular flexibility index (Phi) is 5.06. The van der Waals surface area contributed by atoms with Gasteiger partial charge < -0.3 is 0 Å². The van der Waals surface area contributed by atoms with Gasteiger partial charge >= 0.3 is 0 Å². The number of rotatable bonds is 2. The van der Waals surface area contributed by atoms with E-state index in [9.17, 15) is 0 Å². The first-order valence-corrected chi connectivity index (χ1v) is 14.0. The van der Waals surface area contributed by atoms with Gasteiger partial charge in [-0.2, -0.15) is 0 Å². The molecule has 0 unspecified atom stereocenters. The van der Waals surface area contributed by atoms with Crippen LogP contribution in [0.3, 0.4) is 0 Å². The fourth-order valence-electron chi connectivity index (χ4n) is 6.56. The molecule has 6 aromatic carbocycles. The SMILES string of the molecule is Cc1ccc(/C=C2\c3ccccc3-c3c2ccc2ccc4c(c32)-c2ccccc2/C4=C\c2ccc(C)cc2)cc1. The molecule has 0 nitrogen and oxygen atoms in total. The molecule has 0 heteroatoms. The van der Waals surface area contributed by atoms with Gasteiger partial charge in [0.2, 0.25) is 0 Å². The maximum absolute atomic E-state index is 2.36. The van der Waals surface area contributed by atoms with Crippen LogP contribution in [0.4, 0.5) is 0 Å². The molecule has 0 spiro atoms. The van der Waals surface area contributed by atoms with Crippen molar-refractivity contribution in [2.24, 2.45) is 0 Å². The molecular formula is C40H28. The summed E-state index contributed by atoms with van der Waals surface area (Å²) < 4.78 is 0. The van der Waals surface area contributed by atoms with Gasteiger partial charge in [0.1, 0.15) is 0 Å². The van der Waals surface area contributed by atoms with E-state index in [2.05, 4.69) is 147 Å². The van der Waals surface area contributed by atoms with Crippen LogP contribution in [0.2, 0.25) is 0 Å². The Labute approximate surface area is 235 Å². The maximum atomic E-state index is 2.36. The Balaban J connectivity index is 1.44. The third kappa shape index (κ3) is 3.46. The molecular weight excluding hydrogens is 480 g/mol. The molecule has 2 aliphatic carbocycles. The Bertz CT molecular complexity index is 1880. The van der Waals surface area contributed by atoms with Crippen LogP contribution >= 0.6 is 0 Å². The standard InChI is InChI=1S/C40H28/c1-25-11-15-27(16-12-25)23-36-30-7-3-5-9-32(30)39-34(36)21-19-29-20-22-35-37(24-28-17-13-26(2)14-18-28)31-8-4-6-10-33(31)40(35)38(29)39/h3-24H,1-2H3/b36-23+,37-24+. The Morgan fingerprint density at radius 2 is 0.775 bits per heavy atom. The number of hydrogen-bond acceptors (Lipinski definition) is 0. The van der Waals surface area contributed by atoms with Crippen molar-refractivity contribution in [3.05, 3.63) is 166 Å². The average Bonchev–Trinajstić information content (AvgIpc) is 3.48. The summed E-state index contributed by atoms with van der Waals surface area (Å²) in [5.74, 6) is 0. The average molecular weight is 509 g/mol. The van der Waals surface area contributed by atoms with Crippen molar-refractivity contribution in [2.75, 3.05) is 0 Å². The lowest BCUT2D eigenvalue weighted by Gasteiger charge is -2.13. The van der Waals surface area contributed by atoms with E-state index in [1.807, 2.05) is 0 Å². The van der Waals surface area contributed by atoms with Crippen LogP contribution in [0, 0.1) is 13.8 Å². The van der Waals surface area contributed by atoms with E-state index < -0.39 is 0 Å². The van der Waals surface area contributed by atoms with Gasteiger partial charge in [-0.1, -0.05) is 132 Å². The first-order valence-electron chi connectivity index (χ1n) is 14.0. The van der Waals surface area contributed by atoms with E-state index in [1.54, 1.807) is 0 Å². The Hall–Kier alpha value is -4.94. The van der Waals surface area contributed by atoms with Gasteiger partial charge in [-0.25, -0.2) is 0 Å².